The van der Waals surface area contributed by atoms with Crippen molar-refractivity contribution in [3.63, 3.8) is 0 Å². The van der Waals surface area contributed by atoms with E-state index in [0.29, 0.717) is 6.04 Å². The van der Waals surface area contributed by atoms with Gasteiger partial charge in [-0.05, 0) is 49.8 Å². The quantitative estimate of drug-likeness (QED) is 0.803. The second-order valence-electron chi connectivity index (χ2n) is 6.57. The maximum atomic E-state index is 13.6. The highest BCUT2D eigenvalue weighted by Crippen LogP contribution is 2.29. The summed E-state index contributed by atoms with van der Waals surface area (Å²) in [5.74, 6) is 1.75. The molecule has 2 heteroatoms. The van der Waals surface area contributed by atoms with Crippen molar-refractivity contribution in [3.8, 4) is 0 Å². The number of nitrogens with one attached hydrogen (secondary N) is 1. The highest BCUT2D eigenvalue weighted by molar-refractivity contribution is 5.18. The number of hydrogen-bond acceptors (Lipinski definition) is 1. The van der Waals surface area contributed by atoms with Crippen molar-refractivity contribution >= 4 is 0 Å². The third kappa shape index (κ3) is 4.90. The smallest absolute Gasteiger partial charge is 0.126 e. The zero-order valence-electron chi connectivity index (χ0n) is 12.9. The molecule has 1 aromatic rings. The fraction of sp³-hybridized carbons (Fsp3) is 0.667. The molecule has 1 aromatic carbocycles. The second kappa shape index (κ2) is 7.78. The lowest BCUT2D eigenvalue weighted by molar-refractivity contribution is 0.273. The van der Waals surface area contributed by atoms with E-state index < -0.39 is 0 Å². The summed E-state index contributed by atoms with van der Waals surface area (Å²) in [7, 11) is 0. The van der Waals surface area contributed by atoms with Gasteiger partial charge < -0.3 is 5.32 Å². The Kier molecular flexibility index (Phi) is 6.03. The summed E-state index contributed by atoms with van der Waals surface area (Å²) in [6.07, 6.45) is 7.63. The van der Waals surface area contributed by atoms with E-state index in [2.05, 4.69) is 19.2 Å². The molecule has 0 saturated heterocycles. The van der Waals surface area contributed by atoms with Crippen LogP contribution in [0, 0.1) is 17.7 Å². The molecule has 0 radical (unpaired) electrons. The molecule has 112 valence electrons. The van der Waals surface area contributed by atoms with Gasteiger partial charge >= 0.3 is 0 Å². The van der Waals surface area contributed by atoms with Crippen molar-refractivity contribution < 1.29 is 4.39 Å². The molecule has 1 unspecified atom stereocenters. The topological polar surface area (TPSA) is 12.0 Å². The van der Waals surface area contributed by atoms with Crippen LogP contribution in [0.3, 0.4) is 0 Å². The minimum Gasteiger partial charge on any atom is -0.314 e. The third-order valence-electron chi connectivity index (χ3n) is 4.66. The van der Waals surface area contributed by atoms with Gasteiger partial charge in [0.15, 0.2) is 0 Å². The Morgan fingerprint density at radius 1 is 1.20 bits per heavy atom. The Morgan fingerprint density at radius 3 is 2.60 bits per heavy atom. The van der Waals surface area contributed by atoms with Crippen LogP contribution < -0.4 is 5.32 Å². The van der Waals surface area contributed by atoms with Gasteiger partial charge in [0, 0.05) is 6.04 Å². The monoisotopic (exact) mass is 277 g/mol. The number of halogens is 1. The standard InChI is InChI=1S/C18H28FN/c1-14-7-9-16(10-8-14)11-12-20-15(2)13-17-5-3-4-6-18(17)19/h3-6,14-16,20H,7-13H2,1-2H3. The largest absolute Gasteiger partial charge is 0.314 e. The van der Waals surface area contributed by atoms with Crippen molar-refractivity contribution in [2.24, 2.45) is 11.8 Å². The molecule has 0 aliphatic heterocycles. The first kappa shape index (κ1) is 15.5. The maximum absolute atomic E-state index is 13.6. The maximum Gasteiger partial charge on any atom is 0.126 e. The lowest BCUT2D eigenvalue weighted by Gasteiger charge is -2.26. The Hall–Kier alpha value is -0.890. The van der Waals surface area contributed by atoms with Gasteiger partial charge in [-0.3, -0.25) is 0 Å². The van der Waals surface area contributed by atoms with Gasteiger partial charge in [-0.25, -0.2) is 4.39 Å². The molecular weight excluding hydrogens is 249 g/mol. The summed E-state index contributed by atoms with van der Waals surface area (Å²) in [4.78, 5) is 0. The van der Waals surface area contributed by atoms with Gasteiger partial charge in [0.1, 0.15) is 5.82 Å². The summed E-state index contributed by atoms with van der Waals surface area (Å²) < 4.78 is 13.6. The van der Waals surface area contributed by atoms with Crippen molar-refractivity contribution in [2.45, 2.75) is 58.4 Å². The fourth-order valence-corrected chi connectivity index (χ4v) is 3.22. The summed E-state index contributed by atoms with van der Waals surface area (Å²) in [5.41, 5.74) is 0.819. The van der Waals surface area contributed by atoms with Crippen LogP contribution >= 0.6 is 0 Å². The van der Waals surface area contributed by atoms with Crippen molar-refractivity contribution in [1.29, 1.82) is 0 Å². The first-order valence-electron chi connectivity index (χ1n) is 8.12. The van der Waals surface area contributed by atoms with E-state index in [-0.39, 0.29) is 5.82 Å². The molecule has 1 atom stereocenters. The highest BCUT2D eigenvalue weighted by Gasteiger charge is 2.17. The zero-order valence-corrected chi connectivity index (χ0v) is 12.9. The SMILES string of the molecule is CC1CCC(CCNC(C)Cc2ccccc2F)CC1. The van der Waals surface area contributed by atoms with E-state index in [1.54, 1.807) is 12.1 Å². The molecule has 1 aliphatic rings. The normalized spacial score (nSPS) is 24.6. The molecule has 1 nitrogen and oxygen atoms in total. The van der Waals surface area contributed by atoms with E-state index in [4.69, 9.17) is 0 Å². The molecule has 1 aliphatic carbocycles. The molecule has 0 heterocycles. The van der Waals surface area contributed by atoms with Crippen LogP contribution in [-0.4, -0.2) is 12.6 Å². The molecule has 20 heavy (non-hydrogen) atoms. The number of rotatable bonds is 6. The molecule has 1 saturated carbocycles. The van der Waals surface area contributed by atoms with E-state index in [0.717, 1.165) is 30.4 Å². The molecule has 1 fully saturated rings. The summed E-state index contributed by atoms with van der Waals surface area (Å²) in [6, 6.07) is 7.44. The van der Waals surface area contributed by atoms with Crippen LogP contribution in [0.25, 0.3) is 0 Å². The lowest BCUT2D eigenvalue weighted by atomic mass is 9.81. The predicted molar refractivity (Wildman–Crippen MR) is 83.3 cm³/mol. The predicted octanol–water partition coefficient (Wildman–Crippen LogP) is 4.56. The van der Waals surface area contributed by atoms with E-state index in [1.807, 2.05) is 12.1 Å². The minimum absolute atomic E-state index is 0.0811. The van der Waals surface area contributed by atoms with Crippen LogP contribution in [0.2, 0.25) is 0 Å². The van der Waals surface area contributed by atoms with Crippen LogP contribution in [0.15, 0.2) is 24.3 Å². The number of hydrogen-bond donors (Lipinski definition) is 1. The molecule has 0 spiro atoms. The third-order valence-corrected chi connectivity index (χ3v) is 4.66. The van der Waals surface area contributed by atoms with Crippen molar-refractivity contribution in [3.05, 3.63) is 35.6 Å². The summed E-state index contributed by atoms with van der Waals surface area (Å²) in [5, 5.41) is 3.55. The van der Waals surface area contributed by atoms with Crippen molar-refractivity contribution in [2.75, 3.05) is 6.54 Å². The molecule has 0 amide bonds. The highest BCUT2D eigenvalue weighted by atomic mass is 19.1. The lowest BCUT2D eigenvalue weighted by Crippen LogP contribution is -2.30. The first-order chi connectivity index (χ1) is 9.65. The Balaban J connectivity index is 1.65. The van der Waals surface area contributed by atoms with Gasteiger partial charge in [0.05, 0.1) is 0 Å². The Labute approximate surface area is 123 Å². The van der Waals surface area contributed by atoms with Crippen LogP contribution in [0.5, 0.6) is 0 Å². The van der Waals surface area contributed by atoms with Gasteiger partial charge in [-0.15, -0.1) is 0 Å². The molecule has 0 aromatic heterocycles. The molecule has 2 rings (SSSR count). The summed E-state index contributed by atoms with van der Waals surface area (Å²) >= 11 is 0. The fourth-order valence-electron chi connectivity index (χ4n) is 3.22. The second-order valence-corrected chi connectivity index (χ2v) is 6.57. The van der Waals surface area contributed by atoms with Gasteiger partial charge in [0.25, 0.3) is 0 Å². The van der Waals surface area contributed by atoms with E-state index in [9.17, 15) is 4.39 Å². The number of benzene rings is 1. The van der Waals surface area contributed by atoms with Gasteiger partial charge in [-0.2, -0.15) is 0 Å². The van der Waals surface area contributed by atoms with Gasteiger partial charge in [-0.1, -0.05) is 50.8 Å². The van der Waals surface area contributed by atoms with Crippen LogP contribution in [-0.2, 0) is 6.42 Å². The molecule has 1 N–H and O–H groups in total. The van der Waals surface area contributed by atoms with Crippen molar-refractivity contribution in [1.82, 2.24) is 5.32 Å². The first-order valence-corrected chi connectivity index (χ1v) is 8.12. The van der Waals surface area contributed by atoms with Crippen LogP contribution in [0.4, 0.5) is 4.39 Å². The molecular formula is C18H28FN. The van der Waals surface area contributed by atoms with Gasteiger partial charge in [0.2, 0.25) is 0 Å². The Morgan fingerprint density at radius 2 is 1.90 bits per heavy atom. The Bertz CT molecular complexity index is 396. The summed E-state index contributed by atoms with van der Waals surface area (Å²) in [6.45, 7) is 5.58. The minimum atomic E-state index is -0.0811. The average Bonchev–Trinajstić information content (AvgIpc) is 2.44. The zero-order chi connectivity index (χ0) is 14.4. The average molecular weight is 277 g/mol. The van der Waals surface area contributed by atoms with Crippen LogP contribution in [0.1, 0.15) is 51.5 Å². The van der Waals surface area contributed by atoms with E-state index >= 15 is 0 Å². The van der Waals surface area contributed by atoms with E-state index in [1.165, 1.54) is 32.1 Å². The molecule has 0 bridgehead atoms.